The van der Waals surface area contributed by atoms with Crippen molar-refractivity contribution in [1.29, 1.82) is 0 Å². The van der Waals surface area contributed by atoms with Crippen LogP contribution in [0.3, 0.4) is 0 Å². The van der Waals surface area contributed by atoms with Gasteiger partial charge in [0.2, 0.25) is 0 Å². The van der Waals surface area contributed by atoms with Crippen molar-refractivity contribution < 1.29 is 18.7 Å². The summed E-state index contributed by atoms with van der Waals surface area (Å²) in [5.41, 5.74) is 2.18. The number of hydrogen-bond donors (Lipinski definition) is 0. The average molecular weight is 379 g/mol. The fourth-order valence-corrected chi connectivity index (χ4v) is 2.82. The first-order valence-electron chi connectivity index (χ1n) is 8.76. The van der Waals surface area contributed by atoms with E-state index >= 15 is 0 Å². The molecule has 2 aromatic carbocycles. The highest BCUT2D eigenvalue weighted by Crippen LogP contribution is 2.17. The zero-order chi connectivity index (χ0) is 18.8. The van der Waals surface area contributed by atoms with Crippen molar-refractivity contribution in [1.82, 2.24) is 0 Å². The van der Waals surface area contributed by atoms with Crippen LogP contribution in [0.1, 0.15) is 36.8 Å². The van der Waals surface area contributed by atoms with E-state index in [0.29, 0.717) is 13.0 Å². The molecule has 0 radical (unpaired) electrons. The van der Waals surface area contributed by atoms with Gasteiger partial charge in [0.05, 0.1) is 7.11 Å². The Kier molecular flexibility index (Phi) is 8.42. The Morgan fingerprint density at radius 3 is 2.31 bits per heavy atom. The van der Waals surface area contributed by atoms with Crippen LogP contribution >= 0.6 is 11.6 Å². The van der Waals surface area contributed by atoms with Crippen LogP contribution in [0.2, 0.25) is 0 Å². The smallest absolute Gasteiger partial charge is 0.323 e. The number of carbonyl (C=O) groups is 1. The number of aryl methyl sites for hydroxylation is 1. The highest BCUT2D eigenvalue weighted by atomic mass is 35.5. The molecule has 0 saturated heterocycles. The molecular weight excluding hydrogens is 355 g/mol. The first-order chi connectivity index (χ1) is 12.6. The quantitative estimate of drug-likeness (QED) is 0.320. The molecule has 0 N–H and O–H groups in total. The SMILES string of the molecule is COC(=O)C(Cl)CCCCCc1ccc(OCc2ccc(F)cc2)cc1. The van der Waals surface area contributed by atoms with Gasteiger partial charge in [-0.05, 0) is 54.7 Å². The summed E-state index contributed by atoms with van der Waals surface area (Å²) in [5.74, 6) is 0.189. The van der Waals surface area contributed by atoms with Gasteiger partial charge in [0.25, 0.3) is 0 Å². The molecule has 0 fully saturated rings. The summed E-state index contributed by atoms with van der Waals surface area (Å²) in [6.07, 6.45) is 4.58. The molecule has 3 nitrogen and oxygen atoms in total. The number of rotatable bonds is 10. The highest BCUT2D eigenvalue weighted by Gasteiger charge is 2.14. The summed E-state index contributed by atoms with van der Waals surface area (Å²) in [5, 5.41) is -0.544. The molecule has 0 aliphatic rings. The van der Waals surface area contributed by atoms with Crippen molar-refractivity contribution in [3.05, 3.63) is 65.5 Å². The van der Waals surface area contributed by atoms with Crippen LogP contribution in [-0.4, -0.2) is 18.5 Å². The van der Waals surface area contributed by atoms with E-state index in [1.807, 2.05) is 12.1 Å². The van der Waals surface area contributed by atoms with Crippen molar-refractivity contribution in [3.63, 3.8) is 0 Å². The fourth-order valence-electron chi connectivity index (χ4n) is 2.57. The van der Waals surface area contributed by atoms with E-state index in [-0.39, 0.29) is 11.8 Å². The monoisotopic (exact) mass is 378 g/mol. The maximum absolute atomic E-state index is 12.9. The van der Waals surface area contributed by atoms with Crippen molar-refractivity contribution in [2.24, 2.45) is 0 Å². The minimum Gasteiger partial charge on any atom is -0.489 e. The Bertz CT molecular complexity index is 671. The largest absolute Gasteiger partial charge is 0.489 e. The van der Waals surface area contributed by atoms with Gasteiger partial charge in [-0.25, -0.2) is 4.39 Å². The molecular formula is C21H24ClFO3. The maximum Gasteiger partial charge on any atom is 0.323 e. The van der Waals surface area contributed by atoms with Gasteiger partial charge in [0, 0.05) is 0 Å². The van der Waals surface area contributed by atoms with Gasteiger partial charge in [-0.3, -0.25) is 4.79 Å². The second kappa shape index (κ2) is 10.8. The number of ether oxygens (including phenoxy) is 2. The van der Waals surface area contributed by atoms with Crippen molar-refractivity contribution >= 4 is 17.6 Å². The third-order valence-electron chi connectivity index (χ3n) is 4.12. The molecule has 1 unspecified atom stereocenters. The molecule has 0 spiro atoms. The van der Waals surface area contributed by atoms with E-state index in [9.17, 15) is 9.18 Å². The second-order valence-electron chi connectivity index (χ2n) is 6.15. The number of carbonyl (C=O) groups excluding carboxylic acids is 1. The normalized spacial score (nSPS) is 11.8. The molecule has 0 aromatic heterocycles. The Balaban J connectivity index is 1.65. The number of unbranched alkanes of at least 4 members (excludes halogenated alkanes) is 2. The second-order valence-corrected chi connectivity index (χ2v) is 6.68. The summed E-state index contributed by atoms with van der Waals surface area (Å²) in [4.78, 5) is 11.2. The molecule has 0 aliphatic heterocycles. The average Bonchev–Trinajstić information content (AvgIpc) is 2.67. The number of esters is 1. The molecule has 2 rings (SSSR count). The van der Waals surface area contributed by atoms with Gasteiger partial charge in [-0.1, -0.05) is 37.1 Å². The lowest BCUT2D eigenvalue weighted by atomic mass is 10.1. The van der Waals surface area contributed by atoms with Gasteiger partial charge in [0.15, 0.2) is 0 Å². The van der Waals surface area contributed by atoms with Crippen LogP contribution in [-0.2, 0) is 22.6 Å². The van der Waals surface area contributed by atoms with Crippen LogP contribution in [0.15, 0.2) is 48.5 Å². The summed E-state index contributed by atoms with van der Waals surface area (Å²) in [6, 6.07) is 14.3. The van der Waals surface area contributed by atoms with Gasteiger partial charge in [-0.2, -0.15) is 0 Å². The molecule has 0 heterocycles. The molecule has 0 aliphatic carbocycles. The molecule has 0 bridgehead atoms. The Morgan fingerprint density at radius 2 is 1.65 bits per heavy atom. The standard InChI is InChI=1S/C21H24ClFO3/c1-25-21(24)20(22)6-4-2-3-5-16-9-13-19(14-10-16)26-15-17-7-11-18(23)12-8-17/h7-14,20H,2-6,15H2,1H3. The van der Waals surface area contributed by atoms with Gasteiger partial charge >= 0.3 is 5.97 Å². The lowest BCUT2D eigenvalue weighted by molar-refractivity contribution is -0.140. The van der Waals surface area contributed by atoms with Gasteiger partial charge in [0.1, 0.15) is 23.6 Å². The molecule has 0 saturated carbocycles. The number of methoxy groups -OCH3 is 1. The summed E-state index contributed by atoms with van der Waals surface area (Å²) in [7, 11) is 1.35. The molecule has 2 aromatic rings. The number of alkyl halides is 1. The molecule has 0 amide bonds. The lowest BCUT2D eigenvalue weighted by Gasteiger charge is -2.08. The number of hydrogen-bond acceptors (Lipinski definition) is 3. The van der Waals surface area contributed by atoms with Crippen molar-refractivity contribution in [2.75, 3.05) is 7.11 Å². The third kappa shape index (κ3) is 7.04. The van der Waals surface area contributed by atoms with Crippen LogP contribution in [0.5, 0.6) is 5.75 Å². The molecule has 26 heavy (non-hydrogen) atoms. The fraction of sp³-hybridized carbons (Fsp3) is 0.381. The van der Waals surface area contributed by atoms with Crippen LogP contribution in [0, 0.1) is 5.82 Å². The van der Waals surface area contributed by atoms with Gasteiger partial charge < -0.3 is 9.47 Å². The van der Waals surface area contributed by atoms with Crippen molar-refractivity contribution in [3.8, 4) is 5.75 Å². The van der Waals surface area contributed by atoms with E-state index in [4.69, 9.17) is 16.3 Å². The zero-order valence-corrected chi connectivity index (χ0v) is 15.7. The van der Waals surface area contributed by atoms with E-state index in [1.165, 1.54) is 24.8 Å². The minimum absolute atomic E-state index is 0.245. The Hall–Kier alpha value is -2.07. The predicted octanol–water partition coefficient (Wildman–Crippen LogP) is 5.29. The minimum atomic E-state index is -0.544. The summed E-state index contributed by atoms with van der Waals surface area (Å²) < 4.78 is 23.2. The topological polar surface area (TPSA) is 35.5 Å². The summed E-state index contributed by atoms with van der Waals surface area (Å²) >= 11 is 5.92. The van der Waals surface area contributed by atoms with Crippen LogP contribution in [0.4, 0.5) is 4.39 Å². The molecule has 140 valence electrons. The predicted molar refractivity (Wildman–Crippen MR) is 101 cm³/mol. The highest BCUT2D eigenvalue weighted by molar-refractivity contribution is 6.29. The van der Waals surface area contributed by atoms with Crippen LogP contribution in [0.25, 0.3) is 0 Å². The molecule has 1 atom stereocenters. The van der Waals surface area contributed by atoms with E-state index in [1.54, 1.807) is 12.1 Å². The third-order valence-corrected chi connectivity index (χ3v) is 4.52. The Morgan fingerprint density at radius 1 is 1.00 bits per heavy atom. The number of halogens is 2. The van der Waals surface area contributed by atoms with E-state index < -0.39 is 5.38 Å². The van der Waals surface area contributed by atoms with Gasteiger partial charge in [-0.15, -0.1) is 11.6 Å². The maximum atomic E-state index is 12.9. The van der Waals surface area contributed by atoms with Crippen LogP contribution < -0.4 is 4.74 Å². The molecule has 5 heteroatoms. The van der Waals surface area contributed by atoms with E-state index in [0.717, 1.165) is 37.0 Å². The summed E-state index contributed by atoms with van der Waals surface area (Å²) in [6.45, 7) is 0.416. The lowest BCUT2D eigenvalue weighted by Crippen LogP contribution is -2.15. The first kappa shape index (κ1) is 20.2. The number of benzene rings is 2. The Labute approximate surface area is 159 Å². The van der Waals surface area contributed by atoms with Crippen molar-refractivity contribution in [2.45, 2.75) is 44.1 Å². The first-order valence-corrected chi connectivity index (χ1v) is 9.20. The zero-order valence-electron chi connectivity index (χ0n) is 14.9. The van der Waals surface area contributed by atoms with E-state index in [2.05, 4.69) is 16.9 Å².